The van der Waals surface area contributed by atoms with Gasteiger partial charge in [0.25, 0.3) is 0 Å². The fourth-order valence-electron chi connectivity index (χ4n) is 3.03. The summed E-state index contributed by atoms with van der Waals surface area (Å²) >= 11 is 0. The van der Waals surface area contributed by atoms with Crippen LogP contribution in [0.25, 0.3) is 0 Å². The molecule has 3 rings (SSSR count). The van der Waals surface area contributed by atoms with Gasteiger partial charge in [0.15, 0.2) is 0 Å². The first-order chi connectivity index (χ1) is 9.65. The summed E-state index contributed by atoms with van der Waals surface area (Å²) in [7, 11) is 0. The molecule has 2 amide bonds. The number of hydrogen-bond acceptors (Lipinski definition) is 3. The molecule has 1 heterocycles. The van der Waals surface area contributed by atoms with E-state index in [1.165, 1.54) is 12.8 Å². The molecule has 0 aromatic rings. The normalized spacial score (nSPS) is 28.1. The number of hydrogen-bond donors (Lipinski definition) is 2. The summed E-state index contributed by atoms with van der Waals surface area (Å²) in [5.41, 5.74) is 6.00. The van der Waals surface area contributed by atoms with Crippen LogP contribution in [0.2, 0.25) is 0 Å². The van der Waals surface area contributed by atoms with Crippen LogP contribution in [0.1, 0.15) is 38.5 Å². The highest BCUT2D eigenvalue weighted by Gasteiger charge is 2.37. The molecule has 0 spiro atoms. The van der Waals surface area contributed by atoms with Gasteiger partial charge in [-0.05, 0) is 44.4 Å². The van der Waals surface area contributed by atoms with Crippen molar-refractivity contribution in [2.45, 2.75) is 44.6 Å². The second-order valence-electron chi connectivity index (χ2n) is 6.64. The summed E-state index contributed by atoms with van der Waals surface area (Å²) < 4.78 is 0. The maximum Gasteiger partial charge on any atom is 0.225 e. The molecule has 1 aliphatic heterocycles. The maximum atomic E-state index is 12.2. The molecule has 2 saturated carbocycles. The molecule has 3 N–H and O–H groups in total. The zero-order chi connectivity index (χ0) is 14.1. The molecule has 20 heavy (non-hydrogen) atoms. The van der Waals surface area contributed by atoms with Crippen molar-refractivity contribution in [3.8, 4) is 0 Å². The van der Waals surface area contributed by atoms with Crippen molar-refractivity contribution in [3.05, 3.63) is 0 Å². The summed E-state index contributed by atoms with van der Waals surface area (Å²) in [5.74, 6) is 1.15. The Balaban J connectivity index is 1.45. The monoisotopic (exact) mass is 279 g/mol. The Kier molecular flexibility index (Phi) is 3.96. The van der Waals surface area contributed by atoms with Gasteiger partial charge < -0.3 is 16.0 Å². The lowest BCUT2D eigenvalue weighted by Gasteiger charge is -2.32. The van der Waals surface area contributed by atoms with Crippen LogP contribution in [-0.4, -0.2) is 42.4 Å². The summed E-state index contributed by atoms with van der Waals surface area (Å²) in [5, 5.41) is 2.98. The van der Waals surface area contributed by atoms with Crippen LogP contribution in [0.4, 0.5) is 0 Å². The average molecular weight is 279 g/mol. The highest BCUT2D eigenvalue weighted by molar-refractivity contribution is 5.83. The second-order valence-corrected chi connectivity index (χ2v) is 6.64. The van der Waals surface area contributed by atoms with Gasteiger partial charge in [0, 0.05) is 31.6 Å². The minimum absolute atomic E-state index is 0.0437. The number of carbonyl (C=O) groups is 2. The van der Waals surface area contributed by atoms with Gasteiger partial charge >= 0.3 is 0 Å². The molecular formula is C15H25N3O2. The highest BCUT2D eigenvalue weighted by Crippen LogP contribution is 2.33. The Morgan fingerprint density at radius 2 is 1.90 bits per heavy atom. The third-order valence-corrected chi connectivity index (χ3v) is 4.77. The quantitative estimate of drug-likeness (QED) is 0.769. The number of nitrogens with one attached hydrogen (secondary N) is 1. The van der Waals surface area contributed by atoms with E-state index in [9.17, 15) is 9.59 Å². The van der Waals surface area contributed by atoms with Crippen LogP contribution in [0.3, 0.4) is 0 Å². The van der Waals surface area contributed by atoms with Crippen LogP contribution in [0.15, 0.2) is 0 Å². The number of likely N-dealkylation sites (tertiary alicyclic amines) is 1. The van der Waals surface area contributed by atoms with Gasteiger partial charge in [0.2, 0.25) is 11.8 Å². The molecule has 0 bridgehead atoms. The van der Waals surface area contributed by atoms with E-state index in [0.717, 1.165) is 32.2 Å². The Labute approximate surface area is 120 Å². The van der Waals surface area contributed by atoms with E-state index < -0.39 is 0 Å². The first kappa shape index (κ1) is 13.9. The number of amides is 2. The van der Waals surface area contributed by atoms with Crippen LogP contribution in [0.5, 0.6) is 0 Å². The molecule has 5 nitrogen and oxygen atoms in total. The van der Waals surface area contributed by atoms with Gasteiger partial charge in [-0.15, -0.1) is 0 Å². The molecule has 2 unspecified atom stereocenters. The largest absolute Gasteiger partial charge is 0.354 e. The van der Waals surface area contributed by atoms with Crippen LogP contribution < -0.4 is 11.1 Å². The lowest BCUT2D eigenvalue weighted by Crippen LogP contribution is -2.48. The molecule has 2 aliphatic carbocycles. The SMILES string of the molecule is NC(CNC(=O)C1CCCN(C(=O)C2CC2)C1)C1CC1. The van der Waals surface area contributed by atoms with E-state index in [0.29, 0.717) is 19.0 Å². The van der Waals surface area contributed by atoms with E-state index in [4.69, 9.17) is 5.73 Å². The number of carbonyl (C=O) groups excluding carboxylic acids is 2. The van der Waals surface area contributed by atoms with Gasteiger partial charge in [-0.1, -0.05) is 0 Å². The first-order valence-corrected chi connectivity index (χ1v) is 7.97. The molecule has 3 fully saturated rings. The van der Waals surface area contributed by atoms with Crippen molar-refractivity contribution < 1.29 is 9.59 Å². The Bertz CT molecular complexity index is 391. The molecule has 3 aliphatic rings. The summed E-state index contributed by atoms with van der Waals surface area (Å²) in [6.07, 6.45) is 6.28. The number of nitrogens with zero attached hydrogens (tertiary/aromatic N) is 1. The average Bonchev–Trinajstić information content (AvgIpc) is 3.34. The minimum Gasteiger partial charge on any atom is -0.354 e. The van der Waals surface area contributed by atoms with Gasteiger partial charge in [-0.3, -0.25) is 9.59 Å². The van der Waals surface area contributed by atoms with Gasteiger partial charge in [0.05, 0.1) is 5.92 Å². The zero-order valence-electron chi connectivity index (χ0n) is 12.0. The van der Waals surface area contributed by atoms with E-state index in [1.54, 1.807) is 0 Å². The van der Waals surface area contributed by atoms with Crippen LogP contribution >= 0.6 is 0 Å². The predicted octanol–water partition coefficient (Wildman–Crippen LogP) is 0.488. The third kappa shape index (κ3) is 3.32. The highest BCUT2D eigenvalue weighted by atomic mass is 16.2. The van der Waals surface area contributed by atoms with Gasteiger partial charge in [-0.2, -0.15) is 0 Å². The molecule has 1 saturated heterocycles. The fourth-order valence-corrected chi connectivity index (χ4v) is 3.03. The summed E-state index contributed by atoms with van der Waals surface area (Å²) in [4.78, 5) is 26.2. The Morgan fingerprint density at radius 3 is 2.55 bits per heavy atom. The third-order valence-electron chi connectivity index (χ3n) is 4.77. The molecule has 2 atom stereocenters. The summed E-state index contributed by atoms with van der Waals surface area (Å²) in [6.45, 7) is 2.00. The van der Waals surface area contributed by atoms with E-state index in [-0.39, 0.29) is 29.7 Å². The van der Waals surface area contributed by atoms with Crippen molar-refractivity contribution in [3.63, 3.8) is 0 Å². The van der Waals surface area contributed by atoms with Gasteiger partial charge in [0.1, 0.15) is 0 Å². The molecule has 0 aromatic carbocycles. The van der Waals surface area contributed by atoms with Crippen molar-refractivity contribution in [2.24, 2.45) is 23.5 Å². The smallest absolute Gasteiger partial charge is 0.225 e. The van der Waals surface area contributed by atoms with Crippen molar-refractivity contribution in [1.29, 1.82) is 0 Å². The Hall–Kier alpha value is -1.10. The lowest BCUT2D eigenvalue weighted by molar-refractivity contribution is -0.136. The molecule has 0 radical (unpaired) electrons. The zero-order valence-corrected chi connectivity index (χ0v) is 12.0. The van der Waals surface area contributed by atoms with Crippen molar-refractivity contribution in [1.82, 2.24) is 10.2 Å². The second kappa shape index (κ2) is 5.72. The number of nitrogens with two attached hydrogens (primary N) is 1. The standard InChI is InChI=1S/C15H25N3O2/c16-13(10-3-4-10)8-17-14(19)12-2-1-7-18(9-12)15(20)11-5-6-11/h10-13H,1-9,16H2,(H,17,19). The fraction of sp³-hybridized carbons (Fsp3) is 0.867. The minimum atomic E-state index is -0.0437. The first-order valence-electron chi connectivity index (χ1n) is 7.97. The molecular weight excluding hydrogens is 254 g/mol. The van der Waals surface area contributed by atoms with E-state index in [1.807, 2.05) is 4.90 Å². The summed E-state index contributed by atoms with van der Waals surface area (Å²) in [6, 6.07) is 0.103. The molecule has 5 heteroatoms. The Morgan fingerprint density at radius 1 is 1.15 bits per heavy atom. The number of piperidine rings is 1. The lowest BCUT2D eigenvalue weighted by atomic mass is 9.96. The molecule has 0 aromatic heterocycles. The number of rotatable bonds is 5. The molecule has 112 valence electrons. The van der Waals surface area contributed by atoms with Gasteiger partial charge in [-0.25, -0.2) is 0 Å². The van der Waals surface area contributed by atoms with E-state index in [2.05, 4.69) is 5.32 Å². The predicted molar refractivity (Wildman–Crippen MR) is 75.7 cm³/mol. The van der Waals surface area contributed by atoms with E-state index >= 15 is 0 Å². The topological polar surface area (TPSA) is 75.4 Å². The van der Waals surface area contributed by atoms with Crippen molar-refractivity contribution >= 4 is 11.8 Å². The maximum absolute atomic E-state index is 12.2. The van der Waals surface area contributed by atoms with Crippen LogP contribution in [0, 0.1) is 17.8 Å². The van der Waals surface area contributed by atoms with Crippen molar-refractivity contribution in [2.75, 3.05) is 19.6 Å². The van der Waals surface area contributed by atoms with Crippen LogP contribution in [-0.2, 0) is 9.59 Å².